The van der Waals surface area contributed by atoms with Crippen LogP contribution in [-0.2, 0) is 14.8 Å². The van der Waals surface area contributed by atoms with Gasteiger partial charge in [0.15, 0.2) is 0 Å². The maximum Gasteiger partial charge on any atom is 0.268 e. The van der Waals surface area contributed by atoms with Gasteiger partial charge in [0.25, 0.3) is 10.0 Å². The van der Waals surface area contributed by atoms with Gasteiger partial charge in [0.1, 0.15) is 0 Å². The Morgan fingerprint density at radius 2 is 1.92 bits per heavy atom. The Hall–Kier alpha value is -2.98. The molecule has 3 heterocycles. The fourth-order valence-corrected chi connectivity index (χ4v) is 6.23. The molecule has 8 nitrogen and oxygen atoms in total. The smallest absolute Gasteiger partial charge is 0.268 e. The van der Waals surface area contributed by atoms with Gasteiger partial charge >= 0.3 is 0 Å². The predicted octanol–water partition coefficient (Wildman–Crippen LogP) is 4.51. The minimum atomic E-state index is -3.81. The molecule has 10 heteroatoms. The van der Waals surface area contributed by atoms with Crippen LogP contribution in [0.15, 0.2) is 71.9 Å². The number of benzene rings is 2. The summed E-state index contributed by atoms with van der Waals surface area (Å²) in [6.07, 6.45) is 5.25. The monoisotopic (exact) mass is 525 g/mol. The minimum Gasteiger partial charge on any atom is -0.383 e. The summed E-state index contributed by atoms with van der Waals surface area (Å²) in [4.78, 5) is 11.7. The number of aromatic nitrogens is 3. The summed E-state index contributed by atoms with van der Waals surface area (Å²) >= 11 is 6.56. The molecule has 4 aromatic rings. The van der Waals surface area contributed by atoms with Gasteiger partial charge in [-0.1, -0.05) is 48.0 Å². The van der Waals surface area contributed by atoms with Gasteiger partial charge in [-0.05, 0) is 37.6 Å². The van der Waals surface area contributed by atoms with Crippen LogP contribution in [0.5, 0.6) is 0 Å². The Balaban J connectivity index is 1.50. The Bertz CT molecular complexity index is 1460. The van der Waals surface area contributed by atoms with E-state index < -0.39 is 10.0 Å². The number of hydrogen-bond acceptors (Lipinski definition) is 7. The Kier molecular flexibility index (Phi) is 7.25. The lowest BCUT2D eigenvalue weighted by Crippen LogP contribution is -2.43. The summed E-state index contributed by atoms with van der Waals surface area (Å²) < 4.78 is 33.5. The molecule has 0 saturated carbocycles. The van der Waals surface area contributed by atoms with Gasteiger partial charge in [-0.15, -0.1) is 0 Å². The number of para-hydroxylation sites is 1. The predicted molar refractivity (Wildman–Crippen MR) is 142 cm³/mol. The second-order valence-corrected chi connectivity index (χ2v) is 11.1. The zero-order chi connectivity index (χ0) is 25.1. The maximum absolute atomic E-state index is 13.5. The van der Waals surface area contributed by atoms with Crippen LogP contribution < -0.4 is 5.32 Å². The van der Waals surface area contributed by atoms with Crippen molar-refractivity contribution in [3.8, 4) is 11.3 Å². The van der Waals surface area contributed by atoms with Crippen molar-refractivity contribution in [2.75, 3.05) is 38.7 Å². The molecule has 5 rings (SSSR count). The van der Waals surface area contributed by atoms with Crippen molar-refractivity contribution in [1.29, 1.82) is 0 Å². The van der Waals surface area contributed by atoms with Gasteiger partial charge in [-0.2, -0.15) is 0 Å². The van der Waals surface area contributed by atoms with E-state index in [0.717, 1.165) is 37.9 Å². The van der Waals surface area contributed by atoms with Gasteiger partial charge in [-0.25, -0.2) is 22.4 Å². The molecule has 0 unspecified atom stereocenters. The number of methoxy groups -OCH3 is 1. The molecular formula is C26H28ClN5O3S. The van der Waals surface area contributed by atoms with Crippen molar-refractivity contribution in [3.05, 3.63) is 72.0 Å². The average molecular weight is 526 g/mol. The fraction of sp³-hybridized carbons (Fsp3) is 0.308. The summed E-state index contributed by atoms with van der Waals surface area (Å²) in [5, 5.41) is 4.54. The summed E-state index contributed by atoms with van der Waals surface area (Å²) in [6.45, 7) is 3.50. The van der Waals surface area contributed by atoms with E-state index in [0.29, 0.717) is 34.4 Å². The van der Waals surface area contributed by atoms with Gasteiger partial charge in [0.2, 0.25) is 5.95 Å². The maximum atomic E-state index is 13.5. The molecule has 0 spiro atoms. The molecule has 1 aliphatic heterocycles. The molecule has 2 aromatic heterocycles. The Morgan fingerprint density at radius 1 is 1.14 bits per heavy atom. The van der Waals surface area contributed by atoms with Crippen LogP contribution in [0, 0.1) is 0 Å². The van der Waals surface area contributed by atoms with Crippen molar-refractivity contribution in [2.24, 2.45) is 0 Å². The number of rotatable bonds is 8. The van der Waals surface area contributed by atoms with E-state index in [9.17, 15) is 8.42 Å². The molecular weight excluding hydrogens is 498 g/mol. The van der Waals surface area contributed by atoms with Gasteiger partial charge in [-0.3, -0.25) is 4.90 Å². The zero-order valence-corrected chi connectivity index (χ0v) is 21.5. The molecule has 1 fully saturated rings. The number of halogens is 1. The molecule has 1 saturated heterocycles. The molecule has 2 aromatic carbocycles. The highest BCUT2D eigenvalue weighted by Crippen LogP contribution is 2.35. The van der Waals surface area contributed by atoms with Crippen molar-refractivity contribution < 1.29 is 13.2 Å². The standard InChI is InChI=1S/C26H28ClN5O3S/c1-35-15-14-31-13-7-8-19(17-31)29-26-28-16-23(27)25(30-26)22-18-32(24-12-6-5-11-21(22)24)36(33,34)20-9-3-2-4-10-20/h2-6,9-12,16,18-19H,7-8,13-15,17H2,1H3,(H,28,29,30)/t19-/m0/s1. The summed E-state index contributed by atoms with van der Waals surface area (Å²) in [7, 11) is -2.10. The highest BCUT2D eigenvalue weighted by molar-refractivity contribution is 7.90. The third-order valence-corrected chi connectivity index (χ3v) is 8.39. The number of nitrogens with one attached hydrogen (secondary N) is 1. The van der Waals surface area contributed by atoms with Crippen molar-refractivity contribution in [1.82, 2.24) is 18.8 Å². The van der Waals surface area contributed by atoms with Gasteiger partial charge in [0, 0.05) is 43.4 Å². The Labute approximate surface area is 215 Å². The normalized spacial score (nSPS) is 16.9. The van der Waals surface area contributed by atoms with Gasteiger partial charge in [0.05, 0.1) is 33.9 Å². The first-order valence-corrected chi connectivity index (χ1v) is 13.7. The molecule has 1 atom stereocenters. The number of likely N-dealkylation sites (tertiary alicyclic amines) is 1. The second kappa shape index (κ2) is 10.6. The quantitative estimate of drug-likeness (QED) is 0.362. The fourth-order valence-electron chi connectivity index (χ4n) is 4.65. The van der Waals surface area contributed by atoms with E-state index in [2.05, 4.69) is 15.2 Å². The number of ether oxygens (including phenoxy) is 1. The molecule has 0 bridgehead atoms. The first kappa shape index (κ1) is 24.7. The highest BCUT2D eigenvalue weighted by atomic mass is 35.5. The number of fused-ring (bicyclic) bond motifs is 1. The van der Waals surface area contributed by atoms with Crippen LogP contribution in [0.1, 0.15) is 12.8 Å². The highest BCUT2D eigenvalue weighted by Gasteiger charge is 2.24. The van der Waals surface area contributed by atoms with E-state index in [1.54, 1.807) is 55.9 Å². The molecule has 36 heavy (non-hydrogen) atoms. The molecule has 1 N–H and O–H groups in total. The third-order valence-electron chi connectivity index (χ3n) is 6.43. The number of hydrogen-bond donors (Lipinski definition) is 1. The molecule has 0 amide bonds. The second-order valence-electron chi connectivity index (χ2n) is 8.84. The van der Waals surface area contributed by atoms with Crippen LogP contribution in [-0.4, -0.2) is 66.7 Å². The van der Waals surface area contributed by atoms with Crippen LogP contribution in [0.3, 0.4) is 0 Å². The number of nitrogens with zero attached hydrogens (tertiary/aromatic N) is 4. The minimum absolute atomic E-state index is 0.199. The van der Waals surface area contributed by atoms with Crippen molar-refractivity contribution in [2.45, 2.75) is 23.8 Å². The number of piperidine rings is 1. The van der Waals surface area contributed by atoms with E-state index in [1.807, 2.05) is 18.2 Å². The van der Waals surface area contributed by atoms with Crippen molar-refractivity contribution >= 4 is 38.5 Å². The summed E-state index contributed by atoms with van der Waals surface area (Å²) in [6, 6.07) is 15.9. The van der Waals surface area contributed by atoms with Crippen molar-refractivity contribution in [3.63, 3.8) is 0 Å². The average Bonchev–Trinajstić information content (AvgIpc) is 3.30. The lowest BCUT2D eigenvalue weighted by Gasteiger charge is -2.32. The van der Waals surface area contributed by atoms with E-state index in [1.165, 1.54) is 3.97 Å². The van der Waals surface area contributed by atoms with E-state index in [4.69, 9.17) is 21.3 Å². The van der Waals surface area contributed by atoms with Crippen LogP contribution in [0.4, 0.5) is 5.95 Å². The van der Waals surface area contributed by atoms with Gasteiger partial charge < -0.3 is 10.1 Å². The van der Waals surface area contributed by atoms with E-state index in [-0.39, 0.29) is 10.9 Å². The molecule has 1 aliphatic rings. The molecule has 188 valence electrons. The van der Waals surface area contributed by atoms with E-state index >= 15 is 0 Å². The topological polar surface area (TPSA) is 89.4 Å². The first-order chi connectivity index (χ1) is 17.5. The lowest BCUT2D eigenvalue weighted by atomic mass is 10.1. The van der Waals surface area contributed by atoms with Crippen LogP contribution in [0.25, 0.3) is 22.2 Å². The largest absolute Gasteiger partial charge is 0.383 e. The molecule has 0 aliphatic carbocycles. The third kappa shape index (κ3) is 4.97. The van der Waals surface area contributed by atoms with Crippen LogP contribution >= 0.6 is 11.6 Å². The zero-order valence-electron chi connectivity index (χ0n) is 20.0. The summed E-state index contributed by atoms with van der Waals surface area (Å²) in [5.74, 6) is 0.468. The van der Waals surface area contributed by atoms with Crippen LogP contribution in [0.2, 0.25) is 5.02 Å². The SMILES string of the molecule is COCCN1CCC[C@H](Nc2ncc(Cl)c(-c3cn(S(=O)(=O)c4ccccc4)c4ccccc34)n2)C1. The summed E-state index contributed by atoms with van der Waals surface area (Å²) in [5.41, 5.74) is 1.67. The first-order valence-electron chi connectivity index (χ1n) is 11.9. The Morgan fingerprint density at radius 3 is 2.72 bits per heavy atom. The lowest BCUT2D eigenvalue weighted by molar-refractivity contribution is 0.131. The molecule has 0 radical (unpaired) electrons. The number of anilines is 1.